The molecule has 1 aromatic heterocycles. The minimum Gasteiger partial charge on any atom is -0.355 e. The maximum atomic E-state index is 11.8. The third-order valence-corrected chi connectivity index (χ3v) is 2.44. The molecular weight excluding hydrogens is 222 g/mol. The SMILES string of the molecule is CC(=O)NCCN1C(=O)c2cccnc2C1=O. The Labute approximate surface area is 97.6 Å². The first-order valence-electron chi connectivity index (χ1n) is 5.17. The van der Waals surface area contributed by atoms with E-state index in [-0.39, 0.29) is 30.6 Å². The molecule has 88 valence electrons. The molecule has 17 heavy (non-hydrogen) atoms. The van der Waals surface area contributed by atoms with Gasteiger partial charge >= 0.3 is 0 Å². The molecule has 0 spiro atoms. The molecule has 0 saturated carbocycles. The summed E-state index contributed by atoms with van der Waals surface area (Å²) in [6, 6.07) is 3.18. The highest BCUT2D eigenvalue weighted by molar-refractivity contribution is 6.20. The zero-order valence-electron chi connectivity index (χ0n) is 9.27. The zero-order valence-corrected chi connectivity index (χ0v) is 9.27. The van der Waals surface area contributed by atoms with E-state index < -0.39 is 5.91 Å². The number of carbonyl (C=O) groups is 3. The molecule has 0 fully saturated rings. The van der Waals surface area contributed by atoms with Crippen LogP contribution in [0.15, 0.2) is 18.3 Å². The summed E-state index contributed by atoms with van der Waals surface area (Å²) in [7, 11) is 0. The average Bonchev–Trinajstić information content (AvgIpc) is 2.54. The molecule has 0 aromatic carbocycles. The molecule has 6 heteroatoms. The molecule has 6 nitrogen and oxygen atoms in total. The van der Waals surface area contributed by atoms with Crippen LogP contribution < -0.4 is 5.32 Å². The van der Waals surface area contributed by atoms with Gasteiger partial charge in [-0.2, -0.15) is 0 Å². The average molecular weight is 233 g/mol. The third kappa shape index (κ3) is 2.01. The highest BCUT2D eigenvalue weighted by Crippen LogP contribution is 2.19. The molecule has 2 heterocycles. The van der Waals surface area contributed by atoms with Gasteiger partial charge in [0.25, 0.3) is 11.8 Å². The number of carbonyl (C=O) groups excluding carboxylic acids is 3. The fourth-order valence-electron chi connectivity index (χ4n) is 1.66. The summed E-state index contributed by atoms with van der Waals surface area (Å²) in [6.07, 6.45) is 1.47. The fourth-order valence-corrected chi connectivity index (χ4v) is 1.66. The lowest BCUT2D eigenvalue weighted by atomic mass is 10.2. The Balaban J connectivity index is 2.11. The van der Waals surface area contributed by atoms with Gasteiger partial charge < -0.3 is 5.32 Å². The van der Waals surface area contributed by atoms with Crippen LogP contribution in [-0.4, -0.2) is 40.7 Å². The number of nitrogens with zero attached hydrogens (tertiary/aromatic N) is 2. The summed E-state index contributed by atoms with van der Waals surface area (Å²) in [5.41, 5.74) is 0.501. The Kier molecular flexibility index (Phi) is 2.86. The second-order valence-corrected chi connectivity index (χ2v) is 3.64. The van der Waals surface area contributed by atoms with Gasteiger partial charge in [-0.1, -0.05) is 0 Å². The van der Waals surface area contributed by atoms with Gasteiger partial charge in [0.2, 0.25) is 5.91 Å². The van der Waals surface area contributed by atoms with Gasteiger partial charge in [0, 0.05) is 26.2 Å². The van der Waals surface area contributed by atoms with Gasteiger partial charge in [0.1, 0.15) is 5.69 Å². The van der Waals surface area contributed by atoms with Crippen LogP contribution in [0.5, 0.6) is 0 Å². The summed E-state index contributed by atoms with van der Waals surface area (Å²) in [6.45, 7) is 1.79. The predicted octanol–water partition coefficient (Wildman–Crippen LogP) is -0.186. The first-order valence-corrected chi connectivity index (χ1v) is 5.17. The van der Waals surface area contributed by atoms with Crippen molar-refractivity contribution in [2.75, 3.05) is 13.1 Å². The van der Waals surface area contributed by atoms with Crippen LogP contribution in [0, 0.1) is 0 Å². The molecule has 0 saturated heterocycles. The summed E-state index contributed by atoms with van der Waals surface area (Å²) in [5, 5.41) is 2.53. The first-order chi connectivity index (χ1) is 8.11. The summed E-state index contributed by atoms with van der Waals surface area (Å²) >= 11 is 0. The van der Waals surface area contributed by atoms with Crippen molar-refractivity contribution in [2.45, 2.75) is 6.92 Å². The molecule has 0 aliphatic carbocycles. The number of hydrogen-bond donors (Lipinski definition) is 1. The van der Waals surface area contributed by atoms with Crippen molar-refractivity contribution in [2.24, 2.45) is 0 Å². The van der Waals surface area contributed by atoms with Crippen LogP contribution in [0.25, 0.3) is 0 Å². The second-order valence-electron chi connectivity index (χ2n) is 3.64. The van der Waals surface area contributed by atoms with Crippen LogP contribution >= 0.6 is 0 Å². The standard InChI is InChI=1S/C11H11N3O3/c1-7(15)12-5-6-14-10(16)8-3-2-4-13-9(8)11(14)17/h2-4H,5-6H2,1H3,(H,12,15). The summed E-state index contributed by atoms with van der Waals surface area (Å²) < 4.78 is 0. The molecule has 0 radical (unpaired) electrons. The molecule has 2 rings (SSSR count). The third-order valence-electron chi connectivity index (χ3n) is 2.44. The Morgan fingerprint density at radius 1 is 1.41 bits per heavy atom. The van der Waals surface area contributed by atoms with Gasteiger partial charge in [0.15, 0.2) is 0 Å². The van der Waals surface area contributed by atoms with E-state index in [0.717, 1.165) is 4.90 Å². The predicted molar refractivity (Wildman–Crippen MR) is 58.3 cm³/mol. The van der Waals surface area contributed by atoms with Crippen molar-refractivity contribution in [1.82, 2.24) is 15.2 Å². The van der Waals surface area contributed by atoms with E-state index in [1.54, 1.807) is 12.1 Å². The van der Waals surface area contributed by atoms with Crippen molar-refractivity contribution in [3.63, 3.8) is 0 Å². The van der Waals surface area contributed by atoms with Crippen LogP contribution in [0.4, 0.5) is 0 Å². The van der Waals surface area contributed by atoms with E-state index in [2.05, 4.69) is 10.3 Å². The van der Waals surface area contributed by atoms with Gasteiger partial charge in [-0.3, -0.25) is 24.3 Å². The number of imide groups is 1. The highest BCUT2D eigenvalue weighted by atomic mass is 16.2. The lowest BCUT2D eigenvalue weighted by Crippen LogP contribution is -2.37. The van der Waals surface area contributed by atoms with Crippen LogP contribution in [0.3, 0.4) is 0 Å². The van der Waals surface area contributed by atoms with Crippen molar-refractivity contribution in [3.05, 3.63) is 29.6 Å². The second kappa shape index (κ2) is 4.32. The molecule has 0 atom stereocenters. The number of pyridine rings is 1. The van der Waals surface area contributed by atoms with Gasteiger partial charge in [-0.05, 0) is 12.1 Å². The largest absolute Gasteiger partial charge is 0.355 e. The Hall–Kier alpha value is -2.24. The van der Waals surface area contributed by atoms with Crippen molar-refractivity contribution in [3.8, 4) is 0 Å². The molecule has 1 N–H and O–H groups in total. The van der Waals surface area contributed by atoms with E-state index in [1.807, 2.05) is 0 Å². The minimum absolute atomic E-state index is 0.160. The topological polar surface area (TPSA) is 79.4 Å². The molecule has 0 bridgehead atoms. The number of aromatic nitrogens is 1. The first kappa shape index (κ1) is 11.3. The number of hydrogen-bond acceptors (Lipinski definition) is 4. The summed E-state index contributed by atoms with van der Waals surface area (Å²) in [5.74, 6) is -0.959. The molecule has 0 unspecified atom stereocenters. The Bertz CT molecular complexity index is 463. The monoisotopic (exact) mass is 233 g/mol. The number of nitrogens with one attached hydrogen (secondary N) is 1. The minimum atomic E-state index is -0.407. The van der Waals surface area contributed by atoms with Crippen LogP contribution in [0.1, 0.15) is 27.8 Å². The van der Waals surface area contributed by atoms with E-state index >= 15 is 0 Å². The van der Waals surface area contributed by atoms with E-state index in [0.29, 0.717) is 5.56 Å². The number of fused-ring (bicyclic) bond motifs is 1. The Morgan fingerprint density at radius 2 is 2.18 bits per heavy atom. The molecule has 3 amide bonds. The quantitative estimate of drug-likeness (QED) is 0.734. The molecule has 1 aliphatic rings. The Morgan fingerprint density at radius 3 is 2.82 bits per heavy atom. The van der Waals surface area contributed by atoms with E-state index in [1.165, 1.54) is 13.1 Å². The molecule has 1 aromatic rings. The number of rotatable bonds is 3. The smallest absolute Gasteiger partial charge is 0.280 e. The van der Waals surface area contributed by atoms with Gasteiger partial charge in [-0.15, -0.1) is 0 Å². The molecular formula is C11H11N3O3. The van der Waals surface area contributed by atoms with Crippen molar-refractivity contribution < 1.29 is 14.4 Å². The van der Waals surface area contributed by atoms with Crippen LogP contribution in [0.2, 0.25) is 0 Å². The van der Waals surface area contributed by atoms with E-state index in [9.17, 15) is 14.4 Å². The lowest BCUT2D eigenvalue weighted by molar-refractivity contribution is -0.119. The lowest BCUT2D eigenvalue weighted by Gasteiger charge is -2.13. The van der Waals surface area contributed by atoms with Gasteiger partial charge in [-0.25, -0.2) is 0 Å². The maximum Gasteiger partial charge on any atom is 0.280 e. The maximum absolute atomic E-state index is 11.8. The van der Waals surface area contributed by atoms with Crippen LogP contribution in [-0.2, 0) is 4.79 Å². The highest BCUT2D eigenvalue weighted by Gasteiger charge is 2.35. The van der Waals surface area contributed by atoms with Crippen molar-refractivity contribution in [1.29, 1.82) is 0 Å². The van der Waals surface area contributed by atoms with E-state index in [4.69, 9.17) is 0 Å². The normalized spacial score (nSPS) is 13.8. The van der Waals surface area contributed by atoms with Crippen molar-refractivity contribution >= 4 is 17.7 Å². The van der Waals surface area contributed by atoms with Gasteiger partial charge in [0.05, 0.1) is 5.56 Å². The fraction of sp³-hybridized carbons (Fsp3) is 0.273. The number of amides is 3. The molecule has 1 aliphatic heterocycles. The zero-order chi connectivity index (χ0) is 12.4. The summed E-state index contributed by atoms with van der Waals surface area (Å²) in [4.78, 5) is 39.3.